The van der Waals surface area contributed by atoms with Crippen LogP contribution in [-0.4, -0.2) is 151 Å². The smallest absolute Gasteiger partial charge is 0.324 e. The van der Waals surface area contributed by atoms with Crippen LogP contribution in [0.15, 0.2) is 35.8 Å². The number of fused-ring (bicyclic) bond motifs is 7. The van der Waals surface area contributed by atoms with E-state index in [2.05, 4.69) is 77.1 Å². The summed E-state index contributed by atoms with van der Waals surface area (Å²) in [5.74, 6) is -1.19. The van der Waals surface area contributed by atoms with Crippen molar-refractivity contribution in [2.24, 2.45) is 10.8 Å². The van der Waals surface area contributed by atoms with Crippen LogP contribution in [0.1, 0.15) is 121 Å². The Morgan fingerprint density at radius 2 is 1.80 bits per heavy atom. The molecular weight excluding hydrogens is 961 g/mol. The molecule has 0 unspecified atom stereocenters. The average molecular weight is 1040 g/mol. The molecule has 400 valence electrons. The molecule has 3 aromatic heterocycles. The van der Waals surface area contributed by atoms with E-state index in [9.17, 15) is 14.4 Å². The summed E-state index contributed by atoms with van der Waals surface area (Å²) in [6.07, 6.45) is 7.84. The topological polar surface area (TPSA) is 171 Å². The fraction of sp³-hybridized carbons (Fsp3) is 0.661. The Balaban J connectivity index is 1.04. The Kier molecular flexibility index (Phi) is 14.5. The van der Waals surface area contributed by atoms with Crippen molar-refractivity contribution in [3.8, 4) is 22.5 Å². The molecular formula is C56H76N8O9S. The van der Waals surface area contributed by atoms with E-state index in [0.29, 0.717) is 70.0 Å². The maximum absolute atomic E-state index is 15.0. The number of amides is 2. The van der Waals surface area contributed by atoms with Gasteiger partial charge in [-0.15, -0.1) is 11.3 Å². The quantitative estimate of drug-likeness (QED) is 0.129. The van der Waals surface area contributed by atoms with Crippen molar-refractivity contribution in [3.05, 3.63) is 52.1 Å². The third-order valence-corrected chi connectivity index (χ3v) is 18.0. The third-order valence-electron chi connectivity index (χ3n) is 17.1. The molecule has 18 heteroatoms. The molecule has 2 saturated carbocycles. The van der Waals surface area contributed by atoms with Crippen LogP contribution in [0, 0.1) is 10.8 Å². The first kappa shape index (κ1) is 51.6. The molecule has 0 radical (unpaired) electrons. The van der Waals surface area contributed by atoms with Gasteiger partial charge in [-0.2, -0.15) is 0 Å². The van der Waals surface area contributed by atoms with Gasteiger partial charge in [0.1, 0.15) is 28.8 Å². The standard InChI is InChI=1S/C56H76N8O9S/c1-8-70-49-47(59-53(67)56-31-55(6,32-56)35(3)73-56)51(65)64-17-9-10-43(60-64)52(66)72-33-54(4,5)28-42-40-26-36(44-30-74-50(49)58-44)11-14-45(40)63(22-25-71-39-15-23-69-24-16-39)48(42)41-27-38(29-57-46(41)34(2)68-7)62-20-18-61(19-21-62)37-12-13-37/h11,14,26-27,29-30,34-35,37,39,43,47,49,60H,8-10,12-13,15-25,28,31-33H2,1-7H3,(H,59,67)/t34-,35-,43-,47-,49-,55?,56?/m0/s1. The summed E-state index contributed by atoms with van der Waals surface area (Å²) in [5.41, 5.74) is 9.26. The number of esters is 1. The molecule has 0 spiro atoms. The lowest BCUT2D eigenvalue weighted by Gasteiger charge is -2.43. The highest BCUT2D eigenvalue weighted by atomic mass is 32.1. The molecule has 12 rings (SSSR count). The molecule has 7 fully saturated rings. The maximum Gasteiger partial charge on any atom is 0.324 e. The van der Waals surface area contributed by atoms with E-state index >= 15 is 0 Å². The Labute approximate surface area is 439 Å². The van der Waals surface area contributed by atoms with Crippen LogP contribution in [0.25, 0.3) is 33.4 Å². The van der Waals surface area contributed by atoms with Crippen LogP contribution >= 0.6 is 11.3 Å². The minimum Gasteiger partial charge on any atom is -0.464 e. The molecule has 2 N–H and O–H groups in total. The summed E-state index contributed by atoms with van der Waals surface area (Å²) in [5, 5.41) is 8.20. The first-order chi connectivity index (χ1) is 35.7. The number of rotatable bonds is 13. The number of ether oxygens (including phenoxy) is 6. The number of thiazole rings is 1. The normalized spacial score (nSPS) is 29.2. The Hall–Kier alpha value is -4.53. The summed E-state index contributed by atoms with van der Waals surface area (Å²) in [6.45, 7) is 19.5. The zero-order valence-electron chi connectivity index (χ0n) is 44.4. The largest absolute Gasteiger partial charge is 0.464 e. The van der Waals surface area contributed by atoms with Gasteiger partial charge in [-0.1, -0.05) is 26.8 Å². The van der Waals surface area contributed by atoms with Crippen molar-refractivity contribution < 1.29 is 42.8 Å². The minimum atomic E-state index is -1.17. The number of nitrogens with one attached hydrogen (secondary N) is 2. The summed E-state index contributed by atoms with van der Waals surface area (Å²) in [7, 11) is 1.74. The number of carbonyl (C=O) groups excluding carboxylic acids is 3. The number of methoxy groups -OCH3 is 1. The molecule has 6 aliphatic heterocycles. The molecule has 9 heterocycles. The van der Waals surface area contributed by atoms with Gasteiger partial charge in [0.15, 0.2) is 0 Å². The Morgan fingerprint density at radius 1 is 1.01 bits per heavy atom. The number of hydrogen-bond acceptors (Lipinski definition) is 15. The number of hydrazine groups is 1. The minimum absolute atomic E-state index is 0.0918. The molecule has 2 aliphatic carbocycles. The third kappa shape index (κ3) is 10.0. The second-order valence-electron chi connectivity index (χ2n) is 23.1. The summed E-state index contributed by atoms with van der Waals surface area (Å²) in [4.78, 5) is 59.3. The predicted octanol–water partition coefficient (Wildman–Crippen LogP) is 7.16. The first-order valence-electron chi connectivity index (χ1n) is 27.3. The van der Waals surface area contributed by atoms with E-state index in [1.54, 1.807) is 7.11 Å². The van der Waals surface area contributed by atoms with Crippen LogP contribution in [0.4, 0.5) is 5.69 Å². The van der Waals surface area contributed by atoms with E-state index < -0.39 is 41.1 Å². The summed E-state index contributed by atoms with van der Waals surface area (Å²) >= 11 is 1.40. The van der Waals surface area contributed by atoms with Crippen molar-refractivity contribution >= 4 is 45.7 Å². The molecule has 4 aromatic rings. The fourth-order valence-electron chi connectivity index (χ4n) is 12.6. The number of hydrogen-bond donors (Lipinski definition) is 2. The number of aromatic nitrogens is 3. The lowest BCUT2D eigenvalue weighted by Crippen LogP contribution is -2.64. The van der Waals surface area contributed by atoms with Crippen LogP contribution < -0.4 is 15.6 Å². The number of pyridine rings is 1. The first-order valence-corrected chi connectivity index (χ1v) is 28.2. The molecule has 74 heavy (non-hydrogen) atoms. The van der Waals surface area contributed by atoms with Crippen molar-refractivity contribution in [1.82, 2.24) is 35.2 Å². The monoisotopic (exact) mass is 1040 g/mol. The Bertz CT molecular complexity index is 2710. The van der Waals surface area contributed by atoms with E-state index in [0.717, 1.165) is 95.4 Å². The van der Waals surface area contributed by atoms with Crippen molar-refractivity contribution in [2.45, 2.75) is 154 Å². The molecule has 5 atom stereocenters. The van der Waals surface area contributed by atoms with Gasteiger partial charge < -0.3 is 43.2 Å². The number of anilines is 1. The number of nitrogens with zero attached hydrogens (tertiary/aromatic N) is 6. The van der Waals surface area contributed by atoms with E-state index in [-0.39, 0.29) is 42.8 Å². The molecule has 8 aliphatic rings. The highest BCUT2D eigenvalue weighted by molar-refractivity contribution is 7.10. The Morgan fingerprint density at radius 3 is 2.51 bits per heavy atom. The molecule has 2 amide bonds. The van der Waals surface area contributed by atoms with Gasteiger partial charge in [-0.05, 0) is 102 Å². The average Bonchev–Trinajstić information content (AvgIpc) is 3.88. The summed E-state index contributed by atoms with van der Waals surface area (Å²) in [6, 6.07) is 7.62. The van der Waals surface area contributed by atoms with Crippen molar-refractivity contribution in [3.63, 3.8) is 0 Å². The van der Waals surface area contributed by atoms with Gasteiger partial charge in [0.2, 0.25) is 0 Å². The molecule has 17 nitrogen and oxygen atoms in total. The lowest BCUT2D eigenvalue weighted by molar-refractivity contribution is -0.159. The van der Waals surface area contributed by atoms with Gasteiger partial charge in [-0.3, -0.25) is 29.3 Å². The predicted molar refractivity (Wildman–Crippen MR) is 282 cm³/mol. The highest BCUT2D eigenvalue weighted by Crippen LogP contribution is 2.61. The second-order valence-corrected chi connectivity index (χ2v) is 24.0. The lowest BCUT2D eigenvalue weighted by atomic mass is 9.61. The number of cyclic esters (lactones) is 1. The van der Waals surface area contributed by atoms with Gasteiger partial charge in [-0.25, -0.2) is 10.4 Å². The van der Waals surface area contributed by atoms with Crippen molar-refractivity contribution in [2.75, 3.05) is 77.8 Å². The van der Waals surface area contributed by atoms with E-state index in [1.165, 1.54) is 29.2 Å². The SMILES string of the molecule is CCO[C@@H]1c2nc(cs2)-c2ccc3c(c2)c(c(-c2cc(N4CCN(C5CC5)CC4)cnc2[C@H](C)OC)n3CCOC2CCOCC2)CC(C)(C)COC(=O)[C@@H]2CCCN(N2)C(=O)[C@H]1NC(=O)C12CC(C)(C1)[C@H](C)O2. The number of piperazine rings is 1. The molecule has 1 aromatic carbocycles. The highest BCUT2D eigenvalue weighted by Gasteiger charge is 2.68. The van der Waals surface area contributed by atoms with Gasteiger partial charge >= 0.3 is 5.97 Å². The number of benzene rings is 1. The van der Waals surface area contributed by atoms with Crippen LogP contribution in [-0.2, 0) is 55.8 Å². The number of carbonyl (C=O) groups is 3. The molecule has 8 bridgehead atoms. The van der Waals surface area contributed by atoms with Gasteiger partial charge in [0, 0.05) is 110 Å². The maximum atomic E-state index is 15.0. The van der Waals surface area contributed by atoms with Crippen LogP contribution in [0.3, 0.4) is 0 Å². The van der Waals surface area contributed by atoms with E-state index in [1.807, 2.05) is 25.4 Å². The van der Waals surface area contributed by atoms with E-state index in [4.69, 9.17) is 38.4 Å². The fourth-order valence-corrected chi connectivity index (χ4v) is 13.5. The van der Waals surface area contributed by atoms with Gasteiger partial charge in [0.25, 0.3) is 11.8 Å². The summed E-state index contributed by atoms with van der Waals surface area (Å²) < 4.78 is 40.0. The van der Waals surface area contributed by atoms with Crippen LogP contribution in [0.2, 0.25) is 0 Å². The van der Waals surface area contributed by atoms with Gasteiger partial charge in [0.05, 0.1) is 60.5 Å². The van der Waals surface area contributed by atoms with Crippen molar-refractivity contribution in [1.29, 1.82) is 0 Å². The second kappa shape index (κ2) is 20.8. The zero-order chi connectivity index (χ0) is 51.5. The van der Waals surface area contributed by atoms with Crippen LogP contribution in [0.5, 0.6) is 0 Å². The molecule has 5 saturated heterocycles. The zero-order valence-corrected chi connectivity index (χ0v) is 45.2.